The first-order valence-corrected chi connectivity index (χ1v) is 6.76. The predicted molar refractivity (Wildman–Crippen MR) is 76.2 cm³/mol. The second-order valence-corrected chi connectivity index (χ2v) is 4.66. The molecule has 0 aliphatic carbocycles. The first-order chi connectivity index (χ1) is 10.3. The van der Waals surface area contributed by atoms with E-state index in [1.165, 1.54) is 0 Å². The highest BCUT2D eigenvalue weighted by molar-refractivity contribution is 5.88. The van der Waals surface area contributed by atoms with Crippen LogP contribution in [-0.4, -0.2) is 28.6 Å². The van der Waals surface area contributed by atoms with E-state index < -0.39 is 0 Å². The van der Waals surface area contributed by atoms with Gasteiger partial charge in [0.2, 0.25) is 11.9 Å². The fourth-order valence-electron chi connectivity index (χ4n) is 2.05. The molecule has 1 N–H and O–H groups in total. The number of benzene rings is 1. The summed E-state index contributed by atoms with van der Waals surface area (Å²) in [6.45, 7) is 0.451. The van der Waals surface area contributed by atoms with Gasteiger partial charge in [-0.25, -0.2) is 9.97 Å². The molecule has 3 rings (SSSR count). The lowest BCUT2D eigenvalue weighted by atomic mass is 10.1. The fourth-order valence-corrected chi connectivity index (χ4v) is 2.05. The molecule has 0 saturated carbocycles. The second-order valence-electron chi connectivity index (χ2n) is 4.66. The summed E-state index contributed by atoms with van der Waals surface area (Å²) >= 11 is 0. The summed E-state index contributed by atoms with van der Waals surface area (Å²) in [5.41, 5.74) is 0. The molecule has 1 aromatic heterocycles. The number of nitrogens with zero attached hydrogens (tertiary/aromatic N) is 2. The lowest BCUT2D eigenvalue weighted by molar-refractivity contribution is -0.116. The van der Waals surface area contributed by atoms with Gasteiger partial charge in [0, 0.05) is 18.8 Å². The van der Waals surface area contributed by atoms with Crippen molar-refractivity contribution in [3.8, 4) is 11.5 Å². The first-order valence-electron chi connectivity index (χ1n) is 6.76. The Bertz CT molecular complexity index is 619. The van der Waals surface area contributed by atoms with Crippen LogP contribution in [0.1, 0.15) is 12.8 Å². The van der Waals surface area contributed by atoms with Gasteiger partial charge in [0.15, 0.2) is 11.5 Å². The van der Waals surface area contributed by atoms with Crippen LogP contribution in [0.4, 0.5) is 5.95 Å². The molecule has 0 unspecified atom stereocenters. The Labute approximate surface area is 122 Å². The van der Waals surface area contributed by atoms with Crippen LogP contribution in [0.3, 0.4) is 0 Å². The summed E-state index contributed by atoms with van der Waals surface area (Å²) in [6, 6.07) is 9.21. The van der Waals surface area contributed by atoms with Gasteiger partial charge < -0.3 is 9.47 Å². The zero-order valence-corrected chi connectivity index (χ0v) is 11.4. The molecule has 0 fully saturated rings. The van der Waals surface area contributed by atoms with E-state index >= 15 is 0 Å². The lowest BCUT2D eigenvalue weighted by Gasteiger charge is -2.26. The average Bonchev–Trinajstić information content (AvgIpc) is 2.54. The maximum Gasteiger partial charge on any atom is 0.229 e. The Morgan fingerprint density at radius 1 is 1.19 bits per heavy atom. The Morgan fingerprint density at radius 3 is 2.76 bits per heavy atom. The molecule has 108 valence electrons. The van der Waals surface area contributed by atoms with Crippen molar-refractivity contribution in [1.82, 2.24) is 9.97 Å². The van der Waals surface area contributed by atoms with Gasteiger partial charge in [-0.3, -0.25) is 10.1 Å². The van der Waals surface area contributed by atoms with Crippen LogP contribution in [0, 0.1) is 0 Å². The van der Waals surface area contributed by atoms with Gasteiger partial charge in [-0.05, 0) is 24.6 Å². The number of para-hydroxylation sites is 2. The normalized spacial score (nSPS) is 16.3. The van der Waals surface area contributed by atoms with E-state index in [4.69, 9.17) is 9.47 Å². The minimum Gasteiger partial charge on any atom is -0.486 e. The van der Waals surface area contributed by atoms with Gasteiger partial charge in [-0.1, -0.05) is 12.1 Å². The molecular weight excluding hydrogens is 270 g/mol. The zero-order chi connectivity index (χ0) is 14.5. The third-order valence-corrected chi connectivity index (χ3v) is 3.08. The van der Waals surface area contributed by atoms with E-state index in [2.05, 4.69) is 15.3 Å². The Hall–Kier alpha value is -2.63. The number of carbonyl (C=O) groups excluding carboxylic acids is 1. The third kappa shape index (κ3) is 3.47. The Balaban J connectivity index is 1.49. The molecule has 2 heterocycles. The van der Waals surface area contributed by atoms with Crippen LogP contribution in [0.15, 0.2) is 42.7 Å². The van der Waals surface area contributed by atoms with Gasteiger partial charge in [0.05, 0.1) is 0 Å². The van der Waals surface area contributed by atoms with Crippen molar-refractivity contribution in [2.24, 2.45) is 0 Å². The number of hydrogen-bond donors (Lipinski definition) is 1. The molecule has 6 nitrogen and oxygen atoms in total. The molecule has 6 heteroatoms. The summed E-state index contributed by atoms with van der Waals surface area (Å²) in [5, 5.41) is 2.64. The number of anilines is 1. The number of carbonyl (C=O) groups is 1. The Kier molecular flexibility index (Phi) is 3.95. The van der Waals surface area contributed by atoms with E-state index in [1.807, 2.05) is 24.3 Å². The summed E-state index contributed by atoms with van der Waals surface area (Å²) in [4.78, 5) is 19.7. The third-order valence-electron chi connectivity index (χ3n) is 3.08. The van der Waals surface area contributed by atoms with Crippen molar-refractivity contribution >= 4 is 11.9 Å². The number of hydrogen-bond acceptors (Lipinski definition) is 5. The van der Waals surface area contributed by atoms with Gasteiger partial charge in [0.1, 0.15) is 12.7 Å². The summed E-state index contributed by atoms with van der Waals surface area (Å²) in [7, 11) is 0. The number of ether oxygens (including phenoxy) is 2. The van der Waals surface area contributed by atoms with Crippen LogP contribution in [0.25, 0.3) is 0 Å². The SMILES string of the molecule is O=C(CC[C@@H]1COc2ccccc2O1)Nc1ncccn1. The number of nitrogens with one attached hydrogen (secondary N) is 1. The molecular formula is C15H15N3O3. The van der Waals surface area contributed by atoms with E-state index in [1.54, 1.807) is 18.5 Å². The van der Waals surface area contributed by atoms with Gasteiger partial charge in [-0.15, -0.1) is 0 Å². The molecule has 1 amide bonds. The molecule has 1 aliphatic rings. The summed E-state index contributed by atoms with van der Waals surface area (Å²) < 4.78 is 11.4. The van der Waals surface area contributed by atoms with Crippen molar-refractivity contribution in [3.05, 3.63) is 42.7 Å². The molecule has 21 heavy (non-hydrogen) atoms. The van der Waals surface area contributed by atoms with Crippen LogP contribution in [-0.2, 0) is 4.79 Å². The van der Waals surface area contributed by atoms with Gasteiger partial charge in [0.25, 0.3) is 0 Å². The van der Waals surface area contributed by atoms with Crippen molar-refractivity contribution in [2.75, 3.05) is 11.9 Å². The van der Waals surface area contributed by atoms with E-state index in [9.17, 15) is 4.79 Å². The van der Waals surface area contributed by atoms with E-state index in [0.717, 1.165) is 11.5 Å². The van der Waals surface area contributed by atoms with Crippen molar-refractivity contribution < 1.29 is 14.3 Å². The summed E-state index contributed by atoms with van der Waals surface area (Å²) in [5.74, 6) is 1.65. The van der Waals surface area contributed by atoms with Gasteiger partial charge >= 0.3 is 0 Å². The fraction of sp³-hybridized carbons (Fsp3) is 0.267. The van der Waals surface area contributed by atoms with E-state index in [0.29, 0.717) is 25.4 Å². The molecule has 0 radical (unpaired) electrons. The van der Waals surface area contributed by atoms with Crippen LogP contribution in [0.5, 0.6) is 11.5 Å². The Morgan fingerprint density at radius 2 is 1.95 bits per heavy atom. The zero-order valence-electron chi connectivity index (χ0n) is 11.4. The monoisotopic (exact) mass is 285 g/mol. The number of amides is 1. The van der Waals surface area contributed by atoms with Gasteiger partial charge in [-0.2, -0.15) is 0 Å². The topological polar surface area (TPSA) is 73.3 Å². The van der Waals surface area contributed by atoms with Crippen LogP contribution < -0.4 is 14.8 Å². The second kappa shape index (κ2) is 6.21. The minimum absolute atomic E-state index is 0.123. The molecule has 0 saturated heterocycles. The molecule has 0 bridgehead atoms. The molecule has 2 aromatic rings. The van der Waals surface area contributed by atoms with Crippen molar-refractivity contribution in [1.29, 1.82) is 0 Å². The maximum atomic E-state index is 11.8. The number of rotatable bonds is 4. The van der Waals surface area contributed by atoms with Crippen LogP contribution >= 0.6 is 0 Å². The maximum absolute atomic E-state index is 11.8. The smallest absolute Gasteiger partial charge is 0.229 e. The van der Waals surface area contributed by atoms with Crippen molar-refractivity contribution in [3.63, 3.8) is 0 Å². The van der Waals surface area contributed by atoms with E-state index in [-0.39, 0.29) is 12.0 Å². The highest BCUT2D eigenvalue weighted by Gasteiger charge is 2.21. The molecule has 0 spiro atoms. The van der Waals surface area contributed by atoms with Crippen molar-refractivity contribution in [2.45, 2.75) is 18.9 Å². The molecule has 1 aromatic carbocycles. The number of fused-ring (bicyclic) bond motifs is 1. The summed E-state index contributed by atoms with van der Waals surface area (Å²) in [6.07, 6.45) is 3.94. The highest BCUT2D eigenvalue weighted by atomic mass is 16.6. The predicted octanol–water partition coefficient (Wildman–Crippen LogP) is 2.04. The molecule has 1 aliphatic heterocycles. The highest BCUT2D eigenvalue weighted by Crippen LogP contribution is 2.31. The van der Waals surface area contributed by atoms with Crippen LogP contribution in [0.2, 0.25) is 0 Å². The quantitative estimate of drug-likeness (QED) is 0.930. The standard InChI is InChI=1S/C15H15N3O3/c19-14(18-15-16-8-3-9-17-15)7-6-11-10-20-12-4-1-2-5-13(12)21-11/h1-5,8-9,11H,6-7,10H2,(H,16,17,18,19)/t11-/m1/s1. The average molecular weight is 285 g/mol. The molecule has 1 atom stereocenters. The lowest BCUT2D eigenvalue weighted by Crippen LogP contribution is -2.30. The minimum atomic E-state index is -0.136. The first kappa shape index (κ1) is 13.4. The largest absolute Gasteiger partial charge is 0.486 e. The number of aromatic nitrogens is 2.